The van der Waals surface area contributed by atoms with E-state index in [1.54, 1.807) is 16.8 Å². The fourth-order valence-electron chi connectivity index (χ4n) is 1.70. The van der Waals surface area contributed by atoms with Crippen LogP contribution in [0.1, 0.15) is 20.8 Å². The van der Waals surface area contributed by atoms with Gasteiger partial charge >= 0.3 is 0 Å². The number of benzene rings is 1. The summed E-state index contributed by atoms with van der Waals surface area (Å²) in [6.45, 7) is 5.39. The molecule has 0 atom stereocenters. The fraction of sp³-hybridized carbons (Fsp3) is 0.429. The molecule has 0 radical (unpaired) electrons. The Morgan fingerprint density at radius 1 is 1.17 bits per heavy atom. The molecule has 4 heteroatoms. The van der Waals surface area contributed by atoms with Crippen LogP contribution in [0, 0.1) is 0 Å². The molecule has 0 aliphatic heterocycles. The van der Waals surface area contributed by atoms with Crippen molar-refractivity contribution in [2.45, 2.75) is 26.8 Å². The summed E-state index contributed by atoms with van der Waals surface area (Å²) in [5, 5.41) is 0. The molecule has 0 N–H and O–H groups in total. The SMILES string of the molecule is CC(=O)N(CC(=O)N(C)c1ccccc1)C(C)C. The van der Waals surface area contributed by atoms with E-state index in [2.05, 4.69) is 0 Å². The smallest absolute Gasteiger partial charge is 0.246 e. The molecule has 2 amide bonds. The van der Waals surface area contributed by atoms with E-state index >= 15 is 0 Å². The number of nitrogens with zero attached hydrogens (tertiary/aromatic N) is 2. The number of likely N-dealkylation sites (N-methyl/N-ethyl adjacent to an activating group) is 1. The van der Waals surface area contributed by atoms with E-state index in [1.165, 1.54) is 6.92 Å². The van der Waals surface area contributed by atoms with Gasteiger partial charge in [-0.25, -0.2) is 0 Å². The number of rotatable bonds is 4. The average Bonchev–Trinajstić information content (AvgIpc) is 2.35. The summed E-state index contributed by atoms with van der Waals surface area (Å²) >= 11 is 0. The molecule has 98 valence electrons. The lowest BCUT2D eigenvalue weighted by molar-refractivity contribution is -0.135. The zero-order valence-electron chi connectivity index (χ0n) is 11.4. The normalized spacial score (nSPS) is 10.3. The van der Waals surface area contributed by atoms with E-state index < -0.39 is 0 Å². The van der Waals surface area contributed by atoms with Gasteiger partial charge < -0.3 is 9.80 Å². The summed E-state index contributed by atoms with van der Waals surface area (Å²) in [7, 11) is 1.72. The van der Waals surface area contributed by atoms with Crippen LogP contribution in [0.2, 0.25) is 0 Å². The van der Waals surface area contributed by atoms with Crippen molar-refractivity contribution < 1.29 is 9.59 Å². The Labute approximate surface area is 108 Å². The predicted octanol–water partition coefficient (Wildman–Crippen LogP) is 1.91. The lowest BCUT2D eigenvalue weighted by Crippen LogP contribution is -2.44. The molecule has 0 bridgehead atoms. The quantitative estimate of drug-likeness (QED) is 0.816. The van der Waals surface area contributed by atoms with Crippen molar-refractivity contribution in [1.29, 1.82) is 0 Å². The van der Waals surface area contributed by atoms with Gasteiger partial charge in [-0.05, 0) is 26.0 Å². The van der Waals surface area contributed by atoms with E-state index in [0.717, 1.165) is 5.69 Å². The summed E-state index contributed by atoms with van der Waals surface area (Å²) in [5.41, 5.74) is 0.828. The summed E-state index contributed by atoms with van der Waals surface area (Å²) in [6.07, 6.45) is 0. The number of amides is 2. The second-order valence-electron chi connectivity index (χ2n) is 4.53. The second kappa shape index (κ2) is 6.19. The Morgan fingerprint density at radius 2 is 1.72 bits per heavy atom. The highest BCUT2D eigenvalue weighted by Gasteiger charge is 2.19. The number of para-hydroxylation sites is 1. The van der Waals surface area contributed by atoms with Crippen LogP contribution in [0.15, 0.2) is 30.3 Å². The molecular weight excluding hydrogens is 228 g/mol. The third-order valence-corrected chi connectivity index (χ3v) is 2.85. The van der Waals surface area contributed by atoms with Crippen molar-refractivity contribution in [3.63, 3.8) is 0 Å². The summed E-state index contributed by atoms with van der Waals surface area (Å²) in [5.74, 6) is -0.176. The van der Waals surface area contributed by atoms with E-state index in [0.29, 0.717) is 0 Å². The number of hydrogen-bond acceptors (Lipinski definition) is 2. The van der Waals surface area contributed by atoms with Gasteiger partial charge in [-0.15, -0.1) is 0 Å². The highest BCUT2D eigenvalue weighted by molar-refractivity contribution is 5.96. The Bertz CT molecular complexity index is 415. The monoisotopic (exact) mass is 248 g/mol. The van der Waals surface area contributed by atoms with E-state index in [-0.39, 0.29) is 24.4 Å². The van der Waals surface area contributed by atoms with Crippen molar-refractivity contribution >= 4 is 17.5 Å². The molecule has 1 aromatic carbocycles. The molecule has 0 unspecified atom stereocenters. The minimum Gasteiger partial charge on any atom is -0.331 e. The van der Waals surface area contributed by atoms with Gasteiger partial charge in [0.1, 0.15) is 6.54 Å². The first kappa shape index (κ1) is 14.2. The van der Waals surface area contributed by atoms with Crippen LogP contribution in [0.5, 0.6) is 0 Å². The largest absolute Gasteiger partial charge is 0.331 e. The minimum atomic E-state index is -0.0925. The fourth-order valence-corrected chi connectivity index (χ4v) is 1.70. The summed E-state index contributed by atoms with van der Waals surface area (Å²) < 4.78 is 0. The zero-order valence-corrected chi connectivity index (χ0v) is 11.4. The molecule has 0 saturated carbocycles. The lowest BCUT2D eigenvalue weighted by Gasteiger charge is -2.27. The molecule has 1 rings (SSSR count). The topological polar surface area (TPSA) is 40.6 Å². The average molecular weight is 248 g/mol. The third-order valence-electron chi connectivity index (χ3n) is 2.85. The van der Waals surface area contributed by atoms with E-state index in [9.17, 15) is 9.59 Å². The number of carbonyl (C=O) groups excluding carboxylic acids is 2. The molecule has 0 spiro atoms. The van der Waals surface area contributed by atoms with E-state index in [4.69, 9.17) is 0 Å². The second-order valence-corrected chi connectivity index (χ2v) is 4.53. The van der Waals surface area contributed by atoms with Crippen molar-refractivity contribution in [3.8, 4) is 0 Å². The van der Waals surface area contributed by atoms with Gasteiger partial charge in [0.2, 0.25) is 11.8 Å². The maximum atomic E-state index is 12.1. The van der Waals surface area contributed by atoms with Crippen LogP contribution in [-0.4, -0.2) is 36.3 Å². The van der Waals surface area contributed by atoms with Crippen LogP contribution in [0.4, 0.5) is 5.69 Å². The van der Waals surface area contributed by atoms with Gasteiger partial charge in [0, 0.05) is 25.7 Å². The van der Waals surface area contributed by atoms with Crippen molar-refractivity contribution in [3.05, 3.63) is 30.3 Å². The first-order valence-electron chi connectivity index (χ1n) is 6.02. The number of hydrogen-bond donors (Lipinski definition) is 0. The predicted molar refractivity (Wildman–Crippen MR) is 72.4 cm³/mol. The van der Waals surface area contributed by atoms with Gasteiger partial charge in [0.05, 0.1) is 0 Å². The molecule has 0 aliphatic carbocycles. The molecule has 0 aliphatic rings. The first-order chi connectivity index (χ1) is 8.43. The highest BCUT2D eigenvalue weighted by atomic mass is 16.2. The van der Waals surface area contributed by atoms with Gasteiger partial charge in [0.25, 0.3) is 0 Å². The molecule has 0 aromatic heterocycles. The van der Waals surface area contributed by atoms with E-state index in [1.807, 2.05) is 44.2 Å². The Kier molecular flexibility index (Phi) is 4.89. The highest BCUT2D eigenvalue weighted by Crippen LogP contribution is 2.12. The Balaban J connectivity index is 2.73. The molecule has 0 saturated heterocycles. The van der Waals surface area contributed by atoms with Gasteiger partial charge in [-0.3, -0.25) is 9.59 Å². The molecule has 4 nitrogen and oxygen atoms in total. The molecular formula is C14H20N2O2. The third kappa shape index (κ3) is 3.58. The maximum Gasteiger partial charge on any atom is 0.246 e. The van der Waals surface area contributed by atoms with Crippen LogP contribution < -0.4 is 4.90 Å². The maximum absolute atomic E-state index is 12.1. The Hall–Kier alpha value is -1.84. The number of carbonyl (C=O) groups is 2. The minimum absolute atomic E-state index is 0.0237. The molecule has 1 aromatic rings. The van der Waals surface area contributed by atoms with Gasteiger partial charge in [-0.1, -0.05) is 18.2 Å². The lowest BCUT2D eigenvalue weighted by atomic mass is 10.2. The Morgan fingerprint density at radius 3 is 2.17 bits per heavy atom. The summed E-state index contributed by atoms with van der Waals surface area (Å²) in [6, 6.07) is 9.42. The van der Waals surface area contributed by atoms with Gasteiger partial charge in [0.15, 0.2) is 0 Å². The summed E-state index contributed by atoms with van der Waals surface area (Å²) in [4.78, 5) is 26.7. The van der Waals surface area contributed by atoms with Crippen LogP contribution >= 0.6 is 0 Å². The molecule has 0 fully saturated rings. The van der Waals surface area contributed by atoms with Crippen LogP contribution in [0.3, 0.4) is 0 Å². The first-order valence-corrected chi connectivity index (χ1v) is 6.02. The van der Waals surface area contributed by atoms with Gasteiger partial charge in [-0.2, -0.15) is 0 Å². The van der Waals surface area contributed by atoms with Crippen LogP contribution in [0.25, 0.3) is 0 Å². The van der Waals surface area contributed by atoms with Crippen LogP contribution in [-0.2, 0) is 9.59 Å². The van der Waals surface area contributed by atoms with Crippen molar-refractivity contribution in [2.24, 2.45) is 0 Å². The standard InChI is InChI=1S/C14H20N2O2/c1-11(2)16(12(3)17)10-14(18)15(4)13-8-6-5-7-9-13/h5-9,11H,10H2,1-4H3. The van der Waals surface area contributed by atoms with Crippen molar-refractivity contribution in [1.82, 2.24) is 4.90 Å². The van der Waals surface area contributed by atoms with Crippen molar-refractivity contribution in [2.75, 3.05) is 18.5 Å². The molecule has 18 heavy (non-hydrogen) atoms. The molecule has 0 heterocycles. The zero-order chi connectivity index (χ0) is 13.7. The number of anilines is 1.